The molecule has 2 aromatic heterocycles. The predicted molar refractivity (Wildman–Crippen MR) is 121 cm³/mol. The van der Waals surface area contributed by atoms with Gasteiger partial charge in [-0.25, -0.2) is 4.79 Å². The highest BCUT2D eigenvalue weighted by molar-refractivity contribution is 7.18. The fourth-order valence-electron chi connectivity index (χ4n) is 2.77. The van der Waals surface area contributed by atoms with Crippen molar-refractivity contribution in [2.24, 2.45) is 5.73 Å². The lowest BCUT2D eigenvalue weighted by atomic mass is 10.1. The third kappa shape index (κ3) is 5.07. The number of ether oxygens (including phenoxy) is 2. The Morgan fingerprint density at radius 1 is 1.19 bits per heavy atom. The normalized spacial score (nSPS) is 10.6. The van der Waals surface area contributed by atoms with Crippen molar-refractivity contribution in [3.8, 4) is 5.75 Å². The first-order chi connectivity index (χ1) is 15.2. The van der Waals surface area contributed by atoms with Crippen molar-refractivity contribution >= 4 is 57.3 Å². The van der Waals surface area contributed by atoms with E-state index in [0.717, 1.165) is 11.3 Å². The summed E-state index contributed by atoms with van der Waals surface area (Å²) < 4.78 is 16.1. The number of halogens is 2. The van der Waals surface area contributed by atoms with Crippen LogP contribution in [0.4, 0.5) is 5.00 Å². The number of furan rings is 1. The van der Waals surface area contributed by atoms with E-state index in [1.165, 1.54) is 6.07 Å². The van der Waals surface area contributed by atoms with Gasteiger partial charge in [0.2, 0.25) is 0 Å². The average Bonchev–Trinajstić information content (AvgIpc) is 3.34. The Morgan fingerprint density at radius 2 is 1.94 bits per heavy atom. The number of carbonyl (C=O) groups excluding carboxylic acids is 3. The van der Waals surface area contributed by atoms with Crippen LogP contribution in [-0.4, -0.2) is 24.4 Å². The summed E-state index contributed by atoms with van der Waals surface area (Å²) in [6.45, 7) is 3.34. The van der Waals surface area contributed by atoms with E-state index in [9.17, 15) is 14.4 Å². The maximum atomic E-state index is 12.7. The van der Waals surface area contributed by atoms with Gasteiger partial charge in [0.1, 0.15) is 28.1 Å². The Morgan fingerprint density at radius 3 is 2.62 bits per heavy atom. The molecule has 0 saturated heterocycles. The fraction of sp³-hybridized carbons (Fsp3) is 0.190. The average molecular weight is 497 g/mol. The topological polar surface area (TPSA) is 121 Å². The van der Waals surface area contributed by atoms with Crippen LogP contribution in [-0.2, 0) is 11.3 Å². The minimum Gasteiger partial charge on any atom is -0.484 e. The van der Waals surface area contributed by atoms with Crippen LogP contribution in [0, 0.1) is 6.92 Å². The van der Waals surface area contributed by atoms with E-state index in [-0.39, 0.29) is 39.4 Å². The zero-order chi connectivity index (χ0) is 23.4. The number of anilines is 1. The lowest BCUT2D eigenvalue weighted by Gasteiger charge is -2.07. The molecule has 1 aromatic carbocycles. The Hall–Kier alpha value is -3.01. The van der Waals surface area contributed by atoms with E-state index in [1.807, 2.05) is 0 Å². The molecule has 3 rings (SSSR count). The number of nitrogens with one attached hydrogen (secondary N) is 1. The molecule has 0 aliphatic carbocycles. The number of hydrogen-bond donors (Lipinski definition) is 2. The second kappa shape index (κ2) is 10.1. The second-order valence-corrected chi connectivity index (χ2v) is 8.21. The zero-order valence-corrected chi connectivity index (χ0v) is 19.3. The Labute approximate surface area is 197 Å². The SMILES string of the molecule is CCOC(=O)c1c(NC(=O)c2ccc(COc3cccc(Cl)c3Cl)o2)sc(C(N)=O)c1C. The molecular formula is C21H18Cl2N2O6S. The molecule has 0 saturated carbocycles. The molecule has 0 unspecified atom stereocenters. The van der Waals surface area contributed by atoms with Crippen LogP contribution in [0.2, 0.25) is 10.0 Å². The third-order valence-corrected chi connectivity index (χ3v) is 6.27. The molecule has 32 heavy (non-hydrogen) atoms. The summed E-state index contributed by atoms with van der Waals surface area (Å²) in [6, 6.07) is 7.99. The quantitative estimate of drug-likeness (QED) is 0.420. The first-order valence-corrected chi connectivity index (χ1v) is 10.9. The summed E-state index contributed by atoms with van der Waals surface area (Å²) in [4.78, 5) is 36.8. The first kappa shape index (κ1) is 23.6. The Bertz CT molecular complexity index is 1190. The van der Waals surface area contributed by atoms with Gasteiger partial charge < -0.3 is 24.9 Å². The van der Waals surface area contributed by atoms with Gasteiger partial charge in [-0.2, -0.15) is 0 Å². The van der Waals surface area contributed by atoms with Crippen molar-refractivity contribution in [2.45, 2.75) is 20.5 Å². The van der Waals surface area contributed by atoms with E-state index in [1.54, 1.807) is 38.1 Å². The molecule has 0 bridgehead atoms. The summed E-state index contributed by atoms with van der Waals surface area (Å²) in [5.74, 6) is -1.31. The van der Waals surface area contributed by atoms with Crippen LogP contribution in [0.5, 0.6) is 5.75 Å². The van der Waals surface area contributed by atoms with Gasteiger partial charge in [0.25, 0.3) is 11.8 Å². The minimum atomic E-state index is -0.712. The van der Waals surface area contributed by atoms with Crippen LogP contribution < -0.4 is 15.8 Å². The molecule has 168 valence electrons. The number of nitrogens with two attached hydrogens (primary N) is 1. The molecule has 11 heteroatoms. The molecule has 0 spiro atoms. The smallest absolute Gasteiger partial charge is 0.341 e. The largest absolute Gasteiger partial charge is 0.484 e. The van der Waals surface area contributed by atoms with Gasteiger partial charge >= 0.3 is 5.97 Å². The number of benzene rings is 1. The molecule has 3 aromatic rings. The van der Waals surface area contributed by atoms with Gasteiger partial charge in [0, 0.05) is 0 Å². The fourth-order valence-corrected chi connectivity index (χ4v) is 4.16. The van der Waals surface area contributed by atoms with E-state index >= 15 is 0 Å². The number of rotatable bonds is 8. The van der Waals surface area contributed by atoms with Crippen molar-refractivity contribution in [3.05, 3.63) is 67.9 Å². The van der Waals surface area contributed by atoms with Crippen LogP contribution >= 0.6 is 34.5 Å². The van der Waals surface area contributed by atoms with Gasteiger partial charge in [-0.3, -0.25) is 9.59 Å². The van der Waals surface area contributed by atoms with Gasteiger partial charge in [-0.15, -0.1) is 11.3 Å². The van der Waals surface area contributed by atoms with Crippen molar-refractivity contribution in [3.63, 3.8) is 0 Å². The maximum absolute atomic E-state index is 12.7. The lowest BCUT2D eigenvalue weighted by molar-refractivity contribution is 0.0527. The monoisotopic (exact) mass is 496 g/mol. The van der Waals surface area contributed by atoms with E-state index in [4.69, 9.17) is 42.8 Å². The van der Waals surface area contributed by atoms with Gasteiger partial charge in [0.05, 0.1) is 22.1 Å². The Balaban J connectivity index is 1.76. The van der Waals surface area contributed by atoms with Gasteiger partial charge in [0.15, 0.2) is 5.76 Å². The first-order valence-electron chi connectivity index (χ1n) is 9.30. The number of hydrogen-bond acceptors (Lipinski definition) is 7. The molecule has 2 heterocycles. The zero-order valence-electron chi connectivity index (χ0n) is 17.0. The van der Waals surface area contributed by atoms with Crippen LogP contribution in [0.1, 0.15) is 48.8 Å². The van der Waals surface area contributed by atoms with Crippen LogP contribution in [0.3, 0.4) is 0 Å². The van der Waals surface area contributed by atoms with Gasteiger partial charge in [-0.1, -0.05) is 29.3 Å². The number of esters is 1. The van der Waals surface area contributed by atoms with Crippen LogP contribution in [0.25, 0.3) is 0 Å². The maximum Gasteiger partial charge on any atom is 0.341 e. The molecule has 0 fully saturated rings. The molecule has 3 N–H and O–H groups in total. The molecule has 0 atom stereocenters. The number of carbonyl (C=O) groups is 3. The number of primary amides is 1. The summed E-state index contributed by atoms with van der Waals surface area (Å²) in [6.07, 6.45) is 0. The number of thiophene rings is 1. The molecule has 0 radical (unpaired) electrons. The second-order valence-electron chi connectivity index (χ2n) is 6.41. The van der Waals surface area contributed by atoms with E-state index in [0.29, 0.717) is 22.1 Å². The highest BCUT2D eigenvalue weighted by atomic mass is 35.5. The molecule has 2 amide bonds. The van der Waals surface area contributed by atoms with Crippen molar-refractivity contribution in [2.75, 3.05) is 11.9 Å². The molecule has 0 aliphatic heterocycles. The standard InChI is InChI=1S/C21H18Cl2N2O6S/c1-3-29-21(28)15-10(2)17(18(24)26)32-20(15)25-19(27)14-8-7-11(31-14)9-30-13-6-4-5-12(22)16(13)23/h4-8H,3,9H2,1-2H3,(H2,24,26)(H,25,27). The molecule has 8 nitrogen and oxygen atoms in total. The summed E-state index contributed by atoms with van der Waals surface area (Å²) in [5.41, 5.74) is 5.78. The summed E-state index contributed by atoms with van der Waals surface area (Å²) in [7, 11) is 0. The van der Waals surface area contributed by atoms with Crippen molar-refractivity contribution in [1.82, 2.24) is 0 Å². The summed E-state index contributed by atoms with van der Waals surface area (Å²) >= 11 is 12.9. The predicted octanol–water partition coefficient (Wildman–Crippen LogP) is 5.06. The molecular weight excluding hydrogens is 479 g/mol. The summed E-state index contributed by atoms with van der Waals surface area (Å²) in [5, 5.41) is 3.34. The highest BCUT2D eigenvalue weighted by Crippen LogP contribution is 2.34. The van der Waals surface area contributed by atoms with Crippen molar-refractivity contribution in [1.29, 1.82) is 0 Å². The third-order valence-electron chi connectivity index (χ3n) is 4.25. The van der Waals surface area contributed by atoms with Gasteiger partial charge in [-0.05, 0) is 43.7 Å². The van der Waals surface area contributed by atoms with E-state index < -0.39 is 17.8 Å². The minimum absolute atomic E-state index is 0.00531. The lowest BCUT2D eigenvalue weighted by Crippen LogP contribution is -2.14. The van der Waals surface area contributed by atoms with E-state index in [2.05, 4.69) is 5.32 Å². The highest BCUT2D eigenvalue weighted by Gasteiger charge is 2.26. The van der Waals surface area contributed by atoms with Crippen LogP contribution in [0.15, 0.2) is 34.7 Å². The number of amides is 2. The Kier molecular flexibility index (Phi) is 7.44. The van der Waals surface area contributed by atoms with Crippen molar-refractivity contribution < 1.29 is 28.3 Å². The molecule has 0 aliphatic rings.